The Morgan fingerprint density at radius 3 is 2.27 bits per heavy atom. The topological polar surface area (TPSA) is 84.0 Å². The van der Waals surface area contributed by atoms with Gasteiger partial charge in [-0.2, -0.15) is 0 Å². The highest BCUT2D eigenvalue weighted by atomic mass is 16.2. The summed E-state index contributed by atoms with van der Waals surface area (Å²) in [6, 6.07) is 20.6. The molecule has 0 saturated heterocycles. The number of aromatic nitrogens is 2. The Bertz CT molecular complexity index is 978. The number of nitrogens with zero attached hydrogens (tertiary/aromatic N) is 1. The molecule has 0 unspecified atom stereocenters. The largest absolute Gasteiger partial charge is 0.347 e. The van der Waals surface area contributed by atoms with Crippen LogP contribution in [0.5, 0.6) is 0 Å². The van der Waals surface area contributed by atoms with Crippen LogP contribution in [0.1, 0.15) is 17.2 Å². The highest BCUT2D eigenvalue weighted by Gasteiger charge is 2.16. The third-order valence-electron chi connectivity index (χ3n) is 4.03. The summed E-state index contributed by atoms with van der Waals surface area (Å²) in [7, 11) is 0. The van der Waals surface area contributed by atoms with E-state index in [-0.39, 0.29) is 18.5 Å². The molecule has 26 heavy (non-hydrogen) atoms. The lowest BCUT2D eigenvalue weighted by Crippen LogP contribution is -2.37. The molecule has 0 fully saturated rings. The van der Waals surface area contributed by atoms with Crippen molar-refractivity contribution >= 4 is 5.91 Å². The third-order valence-corrected chi connectivity index (χ3v) is 4.03. The van der Waals surface area contributed by atoms with Crippen molar-refractivity contribution in [2.75, 3.05) is 0 Å². The van der Waals surface area contributed by atoms with Crippen molar-refractivity contribution in [1.82, 2.24) is 14.9 Å². The fourth-order valence-corrected chi connectivity index (χ4v) is 2.75. The van der Waals surface area contributed by atoms with Gasteiger partial charge in [0.15, 0.2) is 0 Å². The first-order valence-electron chi connectivity index (χ1n) is 8.30. The Morgan fingerprint density at radius 2 is 1.62 bits per heavy atom. The molecule has 1 aromatic heterocycles. The van der Waals surface area contributed by atoms with Crippen LogP contribution in [0.25, 0.3) is 0 Å². The average molecular weight is 349 g/mol. The van der Waals surface area contributed by atoms with E-state index in [2.05, 4.69) is 10.3 Å². The van der Waals surface area contributed by atoms with E-state index >= 15 is 0 Å². The fraction of sp³-hybridized carbons (Fsp3) is 0.150. The molecule has 6 nitrogen and oxygen atoms in total. The van der Waals surface area contributed by atoms with Gasteiger partial charge in [0.05, 0.1) is 6.04 Å². The van der Waals surface area contributed by atoms with Crippen molar-refractivity contribution in [3.05, 3.63) is 105 Å². The number of aromatic amines is 1. The molecule has 2 N–H and O–H groups in total. The Morgan fingerprint density at radius 1 is 0.962 bits per heavy atom. The van der Waals surface area contributed by atoms with Crippen LogP contribution >= 0.6 is 0 Å². The highest BCUT2D eigenvalue weighted by molar-refractivity contribution is 5.76. The molecule has 3 aromatic rings. The number of carbonyl (C=O) groups is 1. The molecule has 0 aliphatic carbocycles. The normalized spacial score (nSPS) is 11.7. The monoisotopic (exact) mass is 349 g/mol. The summed E-state index contributed by atoms with van der Waals surface area (Å²) in [4.78, 5) is 37.5. The number of benzene rings is 2. The minimum absolute atomic E-state index is 0.159. The van der Waals surface area contributed by atoms with Gasteiger partial charge in [-0.1, -0.05) is 60.7 Å². The molecular weight excluding hydrogens is 330 g/mol. The van der Waals surface area contributed by atoms with Crippen LogP contribution in [0.4, 0.5) is 0 Å². The number of hydrogen-bond acceptors (Lipinski definition) is 3. The highest BCUT2D eigenvalue weighted by Crippen LogP contribution is 2.18. The molecule has 0 aliphatic rings. The van der Waals surface area contributed by atoms with Gasteiger partial charge in [-0.25, -0.2) is 4.79 Å². The Balaban J connectivity index is 1.77. The van der Waals surface area contributed by atoms with Gasteiger partial charge in [-0.3, -0.25) is 19.1 Å². The molecule has 6 heteroatoms. The quantitative estimate of drug-likeness (QED) is 0.709. The fourth-order valence-electron chi connectivity index (χ4n) is 2.75. The van der Waals surface area contributed by atoms with Crippen LogP contribution in [0, 0.1) is 0 Å². The number of nitrogens with one attached hydrogen (secondary N) is 2. The first-order valence-corrected chi connectivity index (χ1v) is 8.30. The van der Waals surface area contributed by atoms with Crippen LogP contribution in [0.2, 0.25) is 0 Å². The minimum atomic E-state index is -0.605. The summed E-state index contributed by atoms with van der Waals surface area (Å²) in [6.45, 7) is -0.159. The van der Waals surface area contributed by atoms with E-state index in [1.807, 2.05) is 60.7 Å². The SMILES string of the molecule is O=C(Cn1ccc(=O)[nH]c1=O)N[C@H](Cc1ccccc1)c1ccccc1. The van der Waals surface area contributed by atoms with Gasteiger partial charge in [0.2, 0.25) is 5.91 Å². The summed E-state index contributed by atoms with van der Waals surface area (Å²) in [5.74, 6) is -0.302. The molecule has 1 amide bonds. The molecule has 0 spiro atoms. The number of carbonyl (C=O) groups excluding carboxylic acids is 1. The smallest absolute Gasteiger partial charge is 0.328 e. The molecule has 0 radical (unpaired) electrons. The number of hydrogen-bond donors (Lipinski definition) is 2. The van der Waals surface area contributed by atoms with Gasteiger partial charge in [-0.15, -0.1) is 0 Å². The second-order valence-corrected chi connectivity index (χ2v) is 5.96. The van der Waals surface area contributed by atoms with Crippen molar-refractivity contribution in [2.24, 2.45) is 0 Å². The first-order chi connectivity index (χ1) is 12.6. The summed E-state index contributed by atoms with van der Waals surface area (Å²) < 4.78 is 1.17. The lowest BCUT2D eigenvalue weighted by Gasteiger charge is -2.20. The third kappa shape index (κ3) is 4.57. The van der Waals surface area contributed by atoms with Gasteiger partial charge in [-0.05, 0) is 17.5 Å². The summed E-state index contributed by atoms with van der Waals surface area (Å²) in [5.41, 5.74) is 0.992. The molecule has 0 bridgehead atoms. The van der Waals surface area contributed by atoms with Gasteiger partial charge < -0.3 is 5.32 Å². The van der Waals surface area contributed by atoms with Gasteiger partial charge >= 0.3 is 5.69 Å². The lowest BCUT2D eigenvalue weighted by molar-refractivity contribution is -0.122. The van der Waals surface area contributed by atoms with E-state index in [9.17, 15) is 14.4 Å². The van der Waals surface area contributed by atoms with E-state index in [1.165, 1.54) is 16.8 Å². The molecular formula is C20H19N3O3. The van der Waals surface area contributed by atoms with Crippen LogP contribution in [0.15, 0.2) is 82.5 Å². The zero-order chi connectivity index (χ0) is 18.4. The summed E-state index contributed by atoms with van der Waals surface area (Å²) >= 11 is 0. The van der Waals surface area contributed by atoms with E-state index in [0.717, 1.165) is 11.1 Å². The molecule has 0 aliphatic heterocycles. The zero-order valence-corrected chi connectivity index (χ0v) is 14.1. The predicted octanol–water partition coefficient (Wildman–Crippen LogP) is 1.64. The van der Waals surface area contributed by atoms with Crippen LogP contribution < -0.4 is 16.6 Å². The maximum atomic E-state index is 12.5. The van der Waals surface area contributed by atoms with Crippen molar-refractivity contribution in [3.63, 3.8) is 0 Å². The van der Waals surface area contributed by atoms with Crippen LogP contribution in [-0.2, 0) is 17.8 Å². The summed E-state index contributed by atoms with van der Waals surface area (Å²) in [5, 5.41) is 2.98. The Kier molecular flexibility index (Phi) is 5.43. The van der Waals surface area contributed by atoms with Crippen molar-refractivity contribution in [2.45, 2.75) is 19.0 Å². The van der Waals surface area contributed by atoms with Crippen molar-refractivity contribution in [1.29, 1.82) is 0 Å². The predicted molar refractivity (Wildman–Crippen MR) is 98.8 cm³/mol. The Hall–Kier alpha value is -3.41. The van der Waals surface area contributed by atoms with E-state index in [1.54, 1.807) is 0 Å². The van der Waals surface area contributed by atoms with Gasteiger partial charge in [0.25, 0.3) is 5.56 Å². The van der Waals surface area contributed by atoms with Crippen LogP contribution in [0.3, 0.4) is 0 Å². The maximum Gasteiger partial charge on any atom is 0.328 e. The number of amides is 1. The summed E-state index contributed by atoms with van der Waals surface area (Å²) in [6.07, 6.45) is 1.95. The van der Waals surface area contributed by atoms with Gasteiger partial charge in [0.1, 0.15) is 6.54 Å². The van der Waals surface area contributed by atoms with Gasteiger partial charge in [0, 0.05) is 12.3 Å². The number of H-pyrrole nitrogens is 1. The minimum Gasteiger partial charge on any atom is -0.347 e. The second kappa shape index (κ2) is 8.11. The molecule has 1 heterocycles. The number of rotatable bonds is 6. The Labute approximate surface area is 150 Å². The zero-order valence-electron chi connectivity index (χ0n) is 14.1. The van der Waals surface area contributed by atoms with E-state index in [0.29, 0.717) is 6.42 Å². The molecule has 2 aromatic carbocycles. The molecule has 132 valence electrons. The average Bonchev–Trinajstić information content (AvgIpc) is 2.65. The van der Waals surface area contributed by atoms with E-state index in [4.69, 9.17) is 0 Å². The van der Waals surface area contributed by atoms with E-state index < -0.39 is 11.2 Å². The van der Waals surface area contributed by atoms with Crippen molar-refractivity contribution < 1.29 is 4.79 Å². The van der Waals surface area contributed by atoms with Crippen LogP contribution in [-0.4, -0.2) is 15.5 Å². The molecule has 1 atom stereocenters. The second-order valence-electron chi connectivity index (χ2n) is 5.96. The maximum absolute atomic E-state index is 12.5. The lowest BCUT2D eigenvalue weighted by atomic mass is 9.99. The van der Waals surface area contributed by atoms with Crippen molar-refractivity contribution in [3.8, 4) is 0 Å². The standard InChI is InChI=1S/C20H19N3O3/c24-18-11-12-23(20(26)22-18)14-19(25)21-17(16-9-5-2-6-10-16)13-15-7-3-1-4-8-15/h1-12,17H,13-14H2,(H,21,25)(H,22,24,26)/t17-/m1/s1. The molecule has 3 rings (SSSR count). The first kappa shape index (κ1) is 17.4. The molecule has 0 saturated carbocycles.